The van der Waals surface area contributed by atoms with E-state index in [0.717, 1.165) is 0 Å². The van der Waals surface area contributed by atoms with E-state index >= 15 is 0 Å². The Morgan fingerprint density at radius 2 is 0.667 bits per heavy atom. The molecule has 0 nitrogen and oxygen atoms in total. The molecule has 0 fully saturated rings. The summed E-state index contributed by atoms with van der Waals surface area (Å²) < 4.78 is 0. The fourth-order valence-corrected chi connectivity index (χ4v) is 4.50. The molecule has 0 radical (unpaired) electrons. The number of hydrogen-bond donors (Lipinski definition) is 0. The molecule has 0 aliphatic rings. The van der Waals surface area contributed by atoms with Gasteiger partial charge in [-0.2, -0.15) is 0 Å². The van der Waals surface area contributed by atoms with Gasteiger partial charge >= 0.3 is 50.8 Å². The molecule has 0 saturated carbocycles. The van der Waals surface area contributed by atoms with Crippen molar-refractivity contribution in [1.29, 1.82) is 0 Å². The quantitative estimate of drug-likeness (QED) is 0.252. The number of rotatable bonds is 6. The second-order valence-electron chi connectivity index (χ2n) is 3.76. The van der Waals surface area contributed by atoms with Crippen LogP contribution in [-0.2, 0) is 8.10 Å². The molecule has 0 spiro atoms. The van der Waals surface area contributed by atoms with E-state index in [1.54, 1.807) is 0 Å². The zero-order valence-corrected chi connectivity index (χ0v) is 20.4. The van der Waals surface area contributed by atoms with E-state index in [4.69, 9.17) is 0 Å². The van der Waals surface area contributed by atoms with Crippen molar-refractivity contribution < 1.29 is 8.10 Å². The first-order valence-electron chi connectivity index (χ1n) is 6.72. The monoisotopic (exact) mass is 533 g/mol. The Bertz CT molecular complexity index is 107. The van der Waals surface area contributed by atoms with Crippen LogP contribution in [0.5, 0.6) is 0 Å². The molecule has 0 bridgehead atoms. The Hall–Kier alpha value is 2.79. The number of hydrogen-bond acceptors (Lipinski definition) is 0. The maximum absolute atomic E-state index is 3.15. The molecule has 0 unspecified atom stereocenters. The van der Waals surface area contributed by atoms with Crippen molar-refractivity contribution in [3.05, 3.63) is 0 Å². The van der Waals surface area contributed by atoms with Gasteiger partial charge in [-0.3, -0.25) is 0 Å². The van der Waals surface area contributed by atoms with E-state index < -0.39 is 0 Å². The Morgan fingerprint density at radius 1 is 0.556 bits per heavy atom. The summed E-state index contributed by atoms with van der Waals surface area (Å²) in [4.78, 5) is 0. The third-order valence-corrected chi connectivity index (χ3v) is 9.00. The van der Waals surface area contributed by atoms with Crippen LogP contribution >= 0.6 is 58.5 Å². The summed E-state index contributed by atoms with van der Waals surface area (Å²) in [6.07, 6.45) is 8.74. The Kier molecular flexibility index (Phi) is 31.6. The van der Waals surface area contributed by atoms with Gasteiger partial charge in [0.15, 0.2) is 0 Å². The molecule has 0 amide bonds. The van der Waals surface area contributed by atoms with Gasteiger partial charge in [0.05, 0.1) is 37.0 Å². The summed E-state index contributed by atoms with van der Waals surface area (Å²) in [7, 11) is 0.254. The van der Waals surface area contributed by atoms with Crippen LogP contribution in [0.25, 0.3) is 0 Å². The van der Waals surface area contributed by atoms with E-state index in [2.05, 4.69) is 84.2 Å². The fraction of sp³-hybridized carbons (Fsp3) is 1.00. The van der Waals surface area contributed by atoms with Crippen molar-refractivity contribution in [3.63, 3.8) is 0 Å². The molecular weight excluding hydrogens is 504 g/mol. The van der Waals surface area contributed by atoms with Crippen LogP contribution in [0, 0.1) is 0 Å². The van der Waals surface area contributed by atoms with Crippen LogP contribution < -0.4 is 0 Å². The zero-order valence-electron chi connectivity index (χ0n) is 12.7. The first-order valence-corrected chi connectivity index (χ1v) is 18.3. The molecule has 0 atom stereocenters. The van der Waals surface area contributed by atoms with Gasteiger partial charge < -0.3 is 0 Å². The van der Waals surface area contributed by atoms with E-state index in [9.17, 15) is 0 Å². The van der Waals surface area contributed by atoms with E-state index in [1.165, 1.54) is 37.0 Å². The summed E-state index contributed by atoms with van der Waals surface area (Å²) in [5.41, 5.74) is 0. The first kappa shape index (κ1) is 25.7. The van der Waals surface area contributed by atoms with Gasteiger partial charge in [-0.15, -0.1) is 0 Å². The topological polar surface area (TPSA) is 0 Å². The summed E-state index contributed by atoms with van der Waals surface area (Å²) in [6.45, 7) is 13.8. The van der Waals surface area contributed by atoms with Gasteiger partial charge in [0, 0.05) is 0 Å². The summed E-state index contributed by atoms with van der Waals surface area (Å²) >= 11 is 9.44. The van der Waals surface area contributed by atoms with Crippen molar-refractivity contribution in [2.75, 3.05) is 37.0 Å². The van der Waals surface area contributed by atoms with Gasteiger partial charge in [0.2, 0.25) is 0 Å². The fourth-order valence-electron chi connectivity index (χ4n) is 1.50. The minimum atomic E-state index is -0.0208. The second-order valence-corrected chi connectivity index (χ2v) is 26.0. The molecule has 18 heavy (non-hydrogen) atoms. The molecule has 0 heterocycles. The van der Waals surface area contributed by atoms with Crippen LogP contribution in [0.15, 0.2) is 0 Å². The average molecular weight is 537 g/mol. The van der Waals surface area contributed by atoms with Gasteiger partial charge in [0.25, 0.3) is 0 Å². The molecule has 0 aromatic rings. The van der Waals surface area contributed by atoms with Gasteiger partial charge in [0.1, 0.15) is 0 Å². The van der Waals surface area contributed by atoms with Crippen LogP contribution in [0.4, 0.5) is 0 Å². The molecule has 0 aromatic carbocycles. The van der Waals surface area contributed by atoms with Crippen molar-refractivity contribution >= 4 is 58.5 Å². The Morgan fingerprint density at radius 3 is 0.667 bits per heavy atom. The predicted octanol–water partition coefficient (Wildman–Crippen LogP) is 7.05. The molecule has 0 saturated heterocycles. The average Bonchev–Trinajstić information content (AvgIpc) is 2.34. The van der Waals surface area contributed by atoms with Crippen LogP contribution in [0.2, 0.25) is 0 Å². The van der Waals surface area contributed by atoms with Crippen molar-refractivity contribution in [2.24, 2.45) is 0 Å². The maximum atomic E-state index is 3.15. The van der Waals surface area contributed by atoms with Crippen molar-refractivity contribution in [2.45, 2.75) is 41.5 Å². The molecule has 0 N–H and O–H groups in total. The molecule has 6 heteroatoms. The van der Waals surface area contributed by atoms with E-state index in [-0.39, 0.29) is 23.9 Å². The summed E-state index contributed by atoms with van der Waals surface area (Å²) in [6, 6.07) is 0. The first-order chi connectivity index (χ1) is 8.42. The number of halogens is 3. The van der Waals surface area contributed by atoms with E-state index in [0.29, 0.717) is 0 Å². The summed E-state index contributed by atoms with van der Waals surface area (Å²) in [5, 5.41) is 0. The SMILES string of the molecule is CC[PH+](CC)CC.CC[PH+](CC)CC.[Br][Ni]([Br])[Br]. The van der Waals surface area contributed by atoms with Gasteiger partial charge in [-0.25, -0.2) is 0 Å². The Balaban J connectivity index is -0.000000196. The van der Waals surface area contributed by atoms with Gasteiger partial charge in [-0.05, 0) is 57.4 Å². The molecular formula is C12H32Br3NiP2+2. The minimum absolute atomic E-state index is 0.0208. The third-order valence-electron chi connectivity index (χ3n) is 3.00. The molecule has 0 aliphatic heterocycles. The molecule has 0 aromatic heterocycles. The predicted molar refractivity (Wildman–Crippen MR) is 107 cm³/mol. The molecule has 0 aliphatic carbocycles. The molecule has 0 rings (SSSR count). The third kappa shape index (κ3) is 27.2. The van der Waals surface area contributed by atoms with E-state index in [1.807, 2.05) is 0 Å². The van der Waals surface area contributed by atoms with Crippen molar-refractivity contribution in [3.8, 4) is 0 Å². The molecule has 119 valence electrons. The standard InChI is InChI=1S/2C6H15P.3BrH.Ni/c2*1-4-7(5-2)6-3;;;;/h2*4-6H2,1-3H3;3*1H;/q;;;;;+3/p-1. The normalized spacial score (nSPS) is 10.5. The summed E-state index contributed by atoms with van der Waals surface area (Å²) in [5.74, 6) is 0. The van der Waals surface area contributed by atoms with Crippen molar-refractivity contribution in [1.82, 2.24) is 0 Å². The van der Waals surface area contributed by atoms with Crippen LogP contribution in [-0.4, -0.2) is 37.0 Å². The van der Waals surface area contributed by atoms with Crippen LogP contribution in [0.1, 0.15) is 41.5 Å². The van der Waals surface area contributed by atoms with Gasteiger partial charge in [-0.1, -0.05) is 0 Å². The zero-order chi connectivity index (χ0) is 15.0. The second kappa shape index (κ2) is 22.1. The van der Waals surface area contributed by atoms with Crippen LogP contribution in [0.3, 0.4) is 0 Å². The Labute approximate surface area is 144 Å².